The zero-order valence-electron chi connectivity index (χ0n) is 11.5. The average molecular weight is 372 g/mol. The Kier molecular flexibility index (Phi) is 4.74. The molecule has 0 aliphatic rings. The highest BCUT2D eigenvalue weighted by atomic mass is 79.9. The smallest absolute Gasteiger partial charge is 0.262 e. The second kappa shape index (κ2) is 6.36. The molecule has 0 aliphatic carbocycles. The molecule has 0 heterocycles. The molecule has 0 amide bonds. The molecule has 0 aromatic heterocycles. The summed E-state index contributed by atoms with van der Waals surface area (Å²) in [7, 11) is -0.764. The van der Waals surface area contributed by atoms with Crippen molar-refractivity contribution in [3.05, 3.63) is 46.9 Å². The number of methoxy groups -OCH3 is 2. The van der Waals surface area contributed by atoms with Gasteiger partial charge in [-0.3, -0.25) is 4.72 Å². The van der Waals surface area contributed by atoms with Gasteiger partial charge >= 0.3 is 0 Å². The zero-order valence-corrected chi connectivity index (χ0v) is 13.9. The molecule has 0 bridgehead atoms. The van der Waals surface area contributed by atoms with Crippen LogP contribution < -0.4 is 14.2 Å². The van der Waals surface area contributed by atoms with E-state index in [1.807, 2.05) is 0 Å². The number of anilines is 1. The van der Waals surface area contributed by atoms with Crippen LogP contribution in [0.3, 0.4) is 0 Å². The first-order valence-corrected chi connectivity index (χ1v) is 8.25. The van der Waals surface area contributed by atoms with E-state index < -0.39 is 10.0 Å². The highest BCUT2D eigenvalue weighted by molar-refractivity contribution is 9.10. The van der Waals surface area contributed by atoms with E-state index in [0.717, 1.165) is 0 Å². The number of hydrogen-bond acceptors (Lipinski definition) is 4. The summed E-state index contributed by atoms with van der Waals surface area (Å²) >= 11 is 3.30. The van der Waals surface area contributed by atoms with Crippen molar-refractivity contribution in [3.63, 3.8) is 0 Å². The number of halogens is 1. The van der Waals surface area contributed by atoms with Crippen molar-refractivity contribution in [1.29, 1.82) is 0 Å². The highest BCUT2D eigenvalue weighted by Gasteiger charge is 2.18. The minimum Gasteiger partial charge on any atom is -0.493 e. The van der Waals surface area contributed by atoms with Gasteiger partial charge in [0.2, 0.25) is 0 Å². The summed E-state index contributed by atoms with van der Waals surface area (Å²) in [6, 6.07) is 11.4. The van der Waals surface area contributed by atoms with Gasteiger partial charge < -0.3 is 9.47 Å². The van der Waals surface area contributed by atoms with Gasteiger partial charge in [-0.2, -0.15) is 0 Å². The fraction of sp³-hybridized carbons (Fsp3) is 0.143. The third-order valence-electron chi connectivity index (χ3n) is 2.78. The maximum Gasteiger partial charge on any atom is 0.262 e. The lowest BCUT2D eigenvalue weighted by Gasteiger charge is -2.12. The van der Waals surface area contributed by atoms with Gasteiger partial charge in [0.05, 0.1) is 24.8 Å². The number of para-hydroxylation sites is 1. The Balaban J connectivity index is 2.38. The minimum absolute atomic E-state index is 0.0934. The van der Waals surface area contributed by atoms with Crippen molar-refractivity contribution in [2.45, 2.75) is 4.90 Å². The Morgan fingerprint density at radius 2 is 1.67 bits per heavy atom. The van der Waals surface area contributed by atoms with E-state index >= 15 is 0 Å². The standard InChI is InChI=1S/C14H14BrNO4S/c1-19-13-8-7-10(9-14(13)20-2)21(17,18)16-12-6-4-3-5-11(12)15/h3-9,16H,1-2H3. The van der Waals surface area contributed by atoms with Crippen molar-refractivity contribution in [3.8, 4) is 11.5 Å². The van der Waals surface area contributed by atoms with Gasteiger partial charge in [-0.1, -0.05) is 12.1 Å². The van der Waals surface area contributed by atoms with Gasteiger partial charge in [0.25, 0.3) is 10.0 Å². The fourth-order valence-corrected chi connectivity index (χ4v) is 3.34. The van der Waals surface area contributed by atoms with Crippen LogP contribution in [0.15, 0.2) is 51.8 Å². The molecule has 112 valence electrons. The fourth-order valence-electron chi connectivity index (χ4n) is 1.73. The Morgan fingerprint density at radius 3 is 2.29 bits per heavy atom. The normalized spacial score (nSPS) is 11.0. The predicted molar refractivity (Wildman–Crippen MR) is 84.5 cm³/mol. The SMILES string of the molecule is COc1ccc(S(=O)(=O)Nc2ccccc2Br)cc1OC. The Morgan fingerprint density at radius 1 is 1.00 bits per heavy atom. The number of rotatable bonds is 5. The van der Waals surface area contributed by atoms with Crippen LogP contribution in [0.5, 0.6) is 11.5 Å². The third-order valence-corrected chi connectivity index (χ3v) is 4.84. The van der Waals surface area contributed by atoms with Crippen LogP contribution in [-0.4, -0.2) is 22.6 Å². The lowest BCUT2D eigenvalue weighted by molar-refractivity contribution is 0.354. The van der Waals surface area contributed by atoms with E-state index in [0.29, 0.717) is 21.7 Å². The molecule has 2 aromatic rings. The summed E-state index contributed by atoms with van der Waals surface area (Å²) in [6.07, 6.45) is 0. The van der Waals surface area contributed by atoms with E-state index in [1.165, 1.54) is 26.4 Å². The Hall–Kier alpha value is -1.73. The first-order chi connectivity index (χ1) is 9.97. The quantitative estimate of drug-likeness (QED) is 0.875. The summed E-state index contributed by atoms with van der Waals surface area (Å²) in [5.41, 5.74) is 0.465. The van der Waals surface area contributed by atoms with Crippen LogP contribution in [0.4, 0.5) is 5.69 Å². The predicted octanol–water partition coefficient (Wildman–Crippen LogP) is 3.27. The Bertz CT molecular complexity index is 746. The lowest BCUT2D eigenvalue weighted by Crippen LogP contribution is -2.13. The van der Waals surface area contributed by atoms with E-state index in [-0.39, 0.29) is 4.90 Å². The van der Waals surface area contributed by atoms with Crippen molar-refractivity contribution >= 4 is 31.6 Å². The summed E-state index contributed by atoms with van der Waals surface area (Å²) in [6.45, 7) is 0. The van der Waals surface area contributed by atoms with E-state index in [4.69, 9.17) is 9.47 Å². The molecule has 7 heteroatoms. The number of hydrogen-bond donors (Lipinski definition) is 1. The van der Waals surface area contributed by atoms with Crippen molar-refractivity contribution in [1.82, 2.24) is 0 Å². The van der Waals surface area contributed by atoms with E-state index in [2.05, 4.69) is 20.7 Å². The van der Waals surface area contributed by atoms with Crippen molar-refractivity contribution < 1.29 is 17.9 Å². The molecule has 0 atom stereocenters. The summed E-state index contributed by atoms with van der Waals surface area (Å²) in [5, 5.41) is 0. The van der Waals surface area contributed by atoms with Crippen LogP contribution in [-0.2, 0) is 10.0 Å². The van der Waals surface area contributed by atoms with Crippen LogP contribution in [0.1, 0.15) is 0 Å². The third kappa shape index (κ3) is 3.48. The maximum atomic E-state index is 12.4. The van der Waals surface area contributed by atoms with Crippen molar-refractivity contribution in [2.75, 3.05) is 18.9 Å². The minimum atomic E-state index is -3.71. The monoisotopic (exact) mass is 371 g/mol. The van der Waals surface area contributed by atoms with Gasteiger partial charge in [0, 0.05) is 10.5 Å². The van der Waals surface area contributed by atoms with Gasteiger partial charge in [-0.15, -0.1) is 0 Å². The first-order valence-electron chi connectivity index (χ1n) is 5.97. The van der Waals surface area contributed by atoms with E-state index in [9.17, 15) is 8.42 Å². The summed E-state index contributed by atoms with van der Waals surface area (Å²) in [5.74, 6) is 0.824. The van der Waals surface area contributed by atoms with Gasteiger partial charge in [-0.25, -0.2) is 8.42 Å². The molecule has 2 rings (SSSR count). The topological polar surface area (TPSA) is 64.6 Å². The largest absolute Gasteiger partial charge is 0.493 e. The molecule has 1 N–H and O–H groups in total. The van der Waals surface area contributed by atoms with Crippen LogP contribution in [0.25, 0.3) is 0 Å². The molecular weight excluding hydrogens is 358 g/mol. The van der Waals surface area contributed by atoms with Crippen LogP contribution in [0.2, 0.25) is 0 Å². The number of benzene rings is 2. The molecule has 2 aromatic carbocycles. The van der Waals surface area contributed by atoms with Gasteiger partial charge in [0.1, 0.15) is 0 Å². The second-order valence-electron chi connectivity index (χ2n) is 4.10. The molecule has 0 fully saturated rings. The first kappa shape index (κ1) is 15.7. The molecular formula is C14H14BrNO4S. The Labute approximate surface area is 132 Å². The molecule has 0 spiro atoms. The molecule has 5 nitrogen and oxygen atoms in total. The van der Waals surface area contributed by atoms with Crippen molar-refractivity contribution in [2.24, 2.45) is 0 Å². The van der Waals surface area contributed by atoms with Gasteiger partial charge in [-0.05, 0) is 40.2 Å². The molecule has 0 aliphatic heterocycles. The average Bonchev–Trinajstić information content (AvgIpc) is 2.48. The van der Waals surface area contributed by atoms with E-state index in [1.54, 1.807) is 30.3 Å². The number of ether oxygens (including phenoxy) is 2. The number of sulfonamides is 1. The molecule has 0 radical (unpaired) electrons. The lowest BCUT2D eigenvalue weighted by atomic mass is 10.3. The highest BCUT2D eigenvalue weighted by Crippen LogP contribution is 2.31. The molecule has 0 saturated carbocycles. The summed E-state index contributed by atoms with van der Waals surface area (Å²) in [4.78, 5) is 0.0934. The number of nitrogens with one attached hydrogen (secondary N) is 1. The zero-order chi connectivity index (χ0) is 15.5. The molecule has 0 saturated heterocycles. The van der Waals surface area contributed by atoms with Gasteiger partial charge in [0.15, 0.2) is 11.5 Å². The summed E-state index contributed by atoms with van der Waals surface area (Å²) < 4.78 is 38.2. The van der Waals surface area contributed by atoms with Crippen LogP contribution in [0, 0.1) is 0 Å². The molecule has 0 unspecified atom stereocenters. The second-order valence-corrected chi connectivity index (χ2v) is 6.64. The molecule has 21 heavy (non-hydrogen) atoms. The van der Waals surface area contributed by atoms with Crippen LogP contribution >= 0.6 is 15.9 Å². The maximum absolute atomic E-state index is 12.4.